The molecular weight excluding hydrogens is 361 g/mol. The van der Waals surface area contributed by atoms with E-state index in [0.717, 1.165) is 16.9 Å². The first kappa shape index (κ1) is 18.1. The number of nitrogens with zero attached hydrogens (tertiary/aromatic N) is 1. The second-order valence-electron chi connectivity index (χ2n) is 6.23. The number of rotatable bonds is 5. The van der Waals surface area contributed by atoms with Crippen molar-refractivity contribution in [2.75, 3.05) is 18.1 Å². The number of hydrogen-bond donors (Lipinski definition) is 0. The van der Waals surface area contributed by atoms with Gasteiger partial charge in [0, 0.05) is 17.5 Å². The Kier molecular flexibility index (Phi) is 5.24. The van der Waals surface area contributed by atoms with Crippen LogP contribution in [0.2, 0.25) is 0 Å². The minimum atomic E-state index is -3.04. The molecule has 3 rings (SSSR count). The Morgan fingerprint density at radius 1 is 1.24 bits per heavy atom. The molecule has 1 aromatic carbocycles. The van der Waals surface area contributed by atoms with Crippen LogP contribution in [0.25, 0.3) is 10.4 Å². The normalized spacial score (nSPS) is 19.0. The van der Waals surface area contributed by atoms with Crippen LogP contribution in [0.3, 0.4) is 0 Å². The minimum Gasteiger partial charge on any atom is -0.334 e. The SMILES string of the molecule is CCCN(C(=O)c1ccc(-c2ccc(F)cc2)s1)C1CCS(=O)(=O)C1. The van der Waals surface area contributed by atoms with Crippen molar-refractivity contribution in [3.05, 3.63) is 47.1 Å². The molecule has 0 saturated carbocycles. The third-order valence-electron chi connectivity index (χ3n) is 4.32. The molecule has 2 heterocycles. The summed E-state index contributed by atoms with van der Waals surface area (Å²) in [5.41, 5.74) is 0.857. The molecular formula is C18H20FNO3S2. The first-order valence-electron chi connectivity index (χ1n) is 8.27. The van der Waals surface area contributed by atoms with Crippen LogP contribution in [0.4, 0.5) is 4.39 Å². The maximum atomic E-state index is 13.1. The molecule has 0 aliphatic carbocycles. The van der Waals surface area contributed by atoms with Crippen molar-refractivity contribution in [1.29, 1.82) is 0 Å². The van der Waals surface area contributed by atoms with Gasteiger partial charge in [0.1, 0.15) is 5.82 Å². The average Bonchev–Trinajstić information content (AvgIpc) is 3.19. The quantitative estimate of drug-likeness (QED) is 0.795. The van der Waals surface area contributed by atoms with Crippen LogP contribution in [-0.2, 0) is 9.84 Å². The van der Waals surface area contributed by atoms with Crippen molar-refractivity contribution >= 4 is 27.1 Å². The summed E-state index contributed by atoms with van der Waals surface area (Å²) in [5, 5.41) is 0. The highest BCUT2D eigenvalue weighted by molar-refractivity contribution is 7.91. The fourth-order valence-corrected chi connectivity index (χ4v) is 5.77. The topological polar surface area (TPSA) is 54.5 Å². The van der Waals surface area contributed by atoms with Crippen molar-refractivity contribution in [3.63, 3.8) is 0 Å². The monoisotopic (exact) mass is 381 g/mol. The molecule has 0 N–H and O–H groups in total. The van der Waals surface area contributed by atoms with Gasteiger partial charge in [0.2, 0.25) is 0 Å². The smallest absolute Gasteiger partial charge is 0.264 e. The molecule has 0 radical (unpaired) electrons. The molecule has 134 valence electrons. The first-order valence-corrected chi connectivity index (χ1v) is 10.9. The van der Waals surface area contributed by atoms with E-state index in [1.165, 1.54) is 23.5 Å². The highest BCUT2D eigenvalue weighted by atomic mass is 32.2. The molecule has 1 amide bonds. The van der Waals surface area contributed by atoms with Crippen molar-refractivity contribution in [1.82, 2.24) is 4.90 Å². The molecule has 1 fully saturated rings. The number of carbonyl (C=O) groups excluding carboxylic acids is 1. The Morgan fingerprint density at radius 3 is 2.56 bits per heavy atom. The minimum absolute atomic E-state index is 0.0505. The fourth-order valence-electron chi connectivity index (χ4n) is 3.08. The van der Waals surface area contributed by atoms with Crippen LogP contribution >= 0.6 is 11.3 Å². The molecule has 25 heavy (non-hydrogen) atoms. The summed E-state index contributed by atoms with van der Waals surface area (Å²) in [6, 6.07) is 9.52. The van der Waals surface area contributed by atoms with E-state index in [1.54, 1.807) is 23.1 Å². The van der Waals surface area contributed by atoms with Crippen molar-refractivity contribution in [2.24, 2.45) is 0 Å². The van der Waals surface area contributed by atoms with Gasteiger partial charge in [-0.3, -0.25) is 4.79 Å². The summed E-state index contributed by atoms with van der Waals surface area (Å²) in [5.74, 6) is -0.221. The Bertz CT molecular complexity index is 859. The Morgan fingerprint density at radius 2 is 1.96 bits per heavy atom. The average molecular weight is 381 g/mol. The molecule has 1 aromatic heterocycles. The Labute approximate surface area is 151 Å². The van der Waals surface area contributed by atoms with Gasteiger partial charge >= 0.3 is 0 Å². The molecule has 7 heteroatoms. The van der Waals surface area contributed by atoms with Gasteiger partial charge in [-0.25, -0.2) is 12.8 Å². The molecule has 2 aromatic rings. The van der Waals surface area contributed by atoms with E-state index in [2.05, 4.69) is 0 Å². The zero-order valence-electron chi connectivity index (χ0n) is 13.9. The second-order valence-corrected chi connectivity index (χ2v) is 9.54. The van der Waals surface area contributed by atoms with Gasteiger partial charge in [0.25, 0.3) is 5.91 Å². The van der Waals surface area contributed by atoms with E-state index in [9.17, 15) is 17.6 Å². The number of halogens is 1. The van der Waals surface area contributed by atoms with Crippen molar-refractivity contribution in [3.8, 4) is 10.4 Å². The number of hydrogen-bond acceptors (Lipinski definition) is 4. The molecule has 0 bridgehead atoms. The molecule has 1 aliphatic heterocycles. The zero-order valence-corrected chi connectivity index (χ0v) is 15.6. The van der Waals surface area contributed by atoms with Gasteiger partial charge in [0.05, 0.1) is 16.4 Å². The number of sulfone groups is 1. The largest absolute Gasteiger partial charge is 0.334 e. The summed E-state index contributed by atoms with van der Waals surface area (Å²) < 4.78 is 36.6. The molecule has 1 aliphatic rings. The van der Waals surface area contributed by atoms with Gasteiger partial charge in [0.15, 0.2) is 9.84 Å². The van der Waals surface area contributed by atoms with Crippen molar-refractivity contribution in [2.45, 2.75) is 25.8 Å². The molecule has 4 nitrogen and oxygen atoms in total. The fraction of sp³-hybridized carbons (Fsp3) is 0.389. The van der Waals surface area contributed by atoms with Crippen LogP contribution in [0.15, 0.2) is 36.4 Å². The summed E-state index contributed by atoms with van der Waals surface area (Å²) in [4.78, 5) is 16.1. The van der Waals surface area contributed by atoms with Gasteiger partial charge in [-0.05, 0) is 42.7 Å². The van der Waals surface area contributed by atoms with Gasteiger partial charge in [-0.2, -0.15) is 0 Å². The van der Waals surface area contributed by atoms with E-state index < -0.39 is 9.84 Å². The Hall–Kier alpha value is -1.73. The third kappa shape index (κ3) is 4.10. The summed E-state index contributed by atoms with van der Waals surface area (Å²) in [7, 11) is -3.04. The molecule has 0 spiro atoms. The van der Waals surface area contributed by atoms with Crippen LogP contribution in [0, 0.1) is 5.82 Å². The van der Waals surface area contributed by atoms with E-state index in [-0.39, 0.29) is 29.3 Å². The lowest BCUT2D eigenvalue weighted by atomic mass is 10.2. The van der Waals surface area contributed by atoms with Crippen LogP contribution in [0.5, 0.6) is 0 Å². The third-order valence-corrected chi connectivity index (χ3v) is 7.19. The molecule has 1 saturated heterocycles. The van der Waals surface area contributed by atoms with E-state index in [4.69, 9.17) is 0 Å². The van der Waals surface area contributed by atoms with Crippen molar-refractivity contribution < 1.29 is 17.6 Å². The van der Waals surface area contributed by atoms with Gasteiger partial charge < -0.3 is 4.90 Å². The number of benzene rings is 1. The summed E-state index contributed by atoms with van der Waals surface area (Å²) >= 11 is 1.35. The number of thiophene rings is 1. The lowest BCUT2D eigenvalue weighted by Gasteiger charge is -2.27. The van der Waals surface area contributed by atoms with Crippen LogP contribution < -0.4 is 0 Å². The molecule has 1 unspecified atom stereocenters. The Balaban J connectivity index is 1.82. The molecule has 1 atom stereocenters. The van der Waals surface area contributed by atoms with E-state index >= 15 is 0 Å². The zero-order chi connectivity index (χ0) is 18.0. The highest BCUT2D eigenvalue weighted by Crippen LogP contribution is 2.30. The van der Waals surface area contributed by atoms with E-state index in [0.29, 0.717) is 17.8 Å². The van der Waals surface area contributed by atoms with E-state index in [1.807, 2.05) is 13.0 Å². The summed E-state index contributed by atoms with van der Waals surface area (Å²) in [6.45, 7) is 2.52. The van der Waals surface area contributed by atoms with Crippen LogP contribution in [-0.4, -0.2) is 43.3 Å². The lowest BCUT2D eigenvalue weighted by molar-refractivity contribution is 0.0702. The first-order chi connectivity index (χ1) is 11.9. The number of carbonyl (C=O) groups is 1. The second kappa shape index (κ2) is 7.25. The standard InChI is InChI=1S/C18H20FNO3S2/c1-2-10-20(15-9-11-25(22,23)12-15)18(21)17-8-7-16(24-17)13-3-5-14(19)6-4-13/h3-8,15H,2,9-12H2,1H3. The van der Waals surface area contributed by atoms with Crippen LogP contribution in [0.1, 0.15) is 29.4 Å². The lowest BCUT2D eigenvalue weighted by Crippen LogP contribution is -2.41. The highest BCUT2D eigenvalue weighted by Gasteiger charge is 2.34. The van der Waals surface area contributed by atoms with Gasteiger partial charge in [-0.1, -0.05) is 19.1 Å². The predicted molar refractivity (Wildman–Crippen MR) is 98.1 cm³/mol. The number of amides is 1. The summed E-state index contributed by atoms with van der Waals surface area (Å²) in [6.07, 6.45) is 1.28. The van der Waals surface area contributed by atoms with Gasteiger partial charge in [-0.15, -0.1) is 11.3 Å². The maximum Gasteiger partial charge on any atom is 0.264 e. The maximum absolute atomic E-state index is 13.1. The predicted octanol–water partition coefficient (Wildman–Crippen LogP) is 3.59.